The Hall–Kier alpha value is -3.32. The van der Waals surface area contributed by atoms with E-state index in [-0.39, 0.29) is 0 Å². The third kappa shape index (κ3) is 3.69. The van der Waals surface area contributed by atoms with Crippen LogP contribution < -0.4 is 9.64 Å². The van der Waals surface area contributed by atoms with E-state index in [4.69, 9.17) is 9.26 Å². The van der Waals surface area contributed by atoms with Crippen molar-refractivity contribution in [3.63, 3.8) is 0 Å². The number of methoxy groups -OCH3 is 1. The number of H-pyrrole nitrogens is 1. The van der Waals surface area contributed by atoms with Gasteiger partial charge in [-0.3, -0.25) is 4.90 Å². The molecule has 0 spiro atoms. The fourth-order valence-electron chi connectivity index (χ4n) is 3.76. The minimum atomic E-state index is 0.584. The summed E-state index contributed by atoms with van der Waals surface area (Å²) in [6.07, 6.45) is 0. The first-order valence-electron chi connectivity index (χ1n) is 9.80. The van der Waals surface area contributed by atoms with E-state index in [0.29, 0.717) is 11.8 Å². The summed E-state index contributed by atoms with van der Waals surface area (Å²) in [6, 6.07) is 18.9. The van der Waals surface area contributed by atoms with Gasteiger partial charge in [-0.1, -0.05) is 23.4 Å². The van der Waals surface area contributed by atoms with E-state index < -0.39 is 0 Å². The predicted octanol–water partition coefficient (Wildman–Crippen LogP) is 3.55. The van der Waals surface area contributed by atoms with Gasteiger partial charge in [0.25, 0.3) is 0 Å². The van der Waals surface area contributed by atoms with Crippen LogP contribution in [0, 0.1) is 0 Å². The van der Waals surface area contributed by atoms with E-state index in [1.54, 1.807) is 7.11 Å². The zero-order valence-electron chi connectivity index (χ0n) is 16.3. The molecular formula is C22H23N5O2. The zero-order valence-corrected chi connectivity index (χ0v) is 16.3. The molecular weight excluding hydrogens is 366 g/mol. The number of anilines is 1. The Morgan fingerprint density at radius 1 is 1.03 bits per heavy atom. The number of aromatic amines is 1. The largest absolute Gasteiger partial charge is 0.497 e. The molecule has 0 aliphatic carbocycles. The van der Waals surface area contributed by atoms with Crippen LogP contribution >= 0.6 is 0 Å². The number of nitrogens with one attached hydrogen (secondary N) is 1. The number of rotatable bonds is 5. The lowest BCUT2D eigenvalue weighted by atomic mass is 10.2. The van der Waals surface area contributed by atoms with E-state index in [1.165, 1.54) is 16.6 Å². The quantitative estimate of drug-likeness (QED) is 0.563. The topological polar surface area (TPSA) is 70.4 Å². The van der Waals surface area contributed by atoms with Crippen molar-refractivity contribution in [1.29, 1.82) is 0 Å². The molecule has 0 atom stereocenters. The molecule has 7 heteroatoms. The maximum absolute atomic E-state index is 5.52. The van der Waals surface area contributed by atoms with Crippen LogP contribution in [0.3, 0.4) is 0 Å². The van der Waals surface area contributed by atoms with E-state index in [0.717, 1.165) is 44.0 Å². The smallest absolute Gasteiger partial charge is 0.324 e. The lowest BCUT2D eigenvalue weighted by Gasteiger charge is -2.33. The van der Waals surface area contributed by atoms with E-state index >= 15 is 0 Å². The van der Waals surface area contributed by atoms with Crippen molar-refractivity contribution < 1.29 is 9.26 Å². The van der Waals surface area contributed by atoms with Crippen LogP contribution in [0.4, 0.5) is 6.01 Å². The molecule has 0 amide bonds. The molecule has 2 aromatic heterocycles. The number of para-hydroxylation sites is 1. The first kappa shape index (κ1) is 17.8. The first-order chi connectivity index (χ1) is 14.3. The molecule has 0 bridgehead atoms. The maximum atomic E-state index is 5.52. The maximum Gasteiger partial charge on any atom is 0.324 e. The number of hydrogen-bond donors (Lipinski definition) is 1. The van der Waals surface area contributed by atoms with Gasteiger partial charge >= 0.3 is 6.01 Å². The normalized spacial score (nSPS) is 15.1. The molecule has 5 rings (SSSR count). The Morgan fingerprint density at radius 2 is 1.83 bits per heavy atom. The Kier molecular flexibility index (Phi) is 4.65. The summed E-state index contributed by atoms with van der Waals surface area (Å²) in [7, 11) is 1.65. The highest BCUT2D eigenvalue weighted by atomic mass is 16.5. The molecule has 1 aliphatic rings. The van der Waals surface area contributed by atoms with Gasteiger partial charge in [-0.25, -0.2) is 0 Å². The summed E-state index contributed by atoms with van der Waals surface area (Å²) in [5.74, 6) is 1.41. The van der Waals surface area contributed by atoms with Crippen molar-refractivity contribution in [3.05, 3.63) is 60.3 Å². The minimum absolute atomic E-state index is 0.584. The van der Waals surface area contributed by atoms with E-state index in [1.807, 2.05) is 24.3 Å². The van der Waals surface area contributed by atoms with Crippen molar-refractivity contribution in [2.75, 3.05) is 38.2 Å². The van der Waals surface area contributed by atoms with Gasteiger partial charge in [0.05, 0.1) is 7.11 Å². The van der Waals surface area contributed by atoms with Crippen LogP contribution in [0.15, 0.2) is 59.1 Å². The second-order valence-electron chi connectivity index (χ2n) is 7.27. The molecule has 3 heterocycles. The molecule has 1 fully saturated rings. The molecule has 1 N–H and O–H groups in total. The van der Waals surface area contributed by atoms with Crippen molar-refractivity contribution in [1.82, 2.24) is 20.0 Å². The van der Waals surface area contributed by atoms with Gasteiger partial charge in [-0.2, -0.15) is 4.98 Å². The molecule has 0 saturated carbocycles. The number of piperazine rings is 1. The monoisotopic (exact) mass is 389 g/mol. The number of nitrogens with zero attached hydrogens (tertiary/aromatic N) is 4. The average Bonchev–Trinajstić information content (AvgIpc) is 3.41. The highest BCUT2D eigenvalue weighted by Crippen LogP contribution is 2.23. The third-order valence-corrected chi connectivity index (χ3v) is 5.39. The molecule has 29 heavy (non-hydrogen) atoms. The van der Waals surface area contributed by atoms with Gasteiger partial charge in [0, 0.05) is 49.5 Å². The summed E-state index contributed by atoms with van der Waals surface area (Å²) < 4.78 is 10.7. The standard InChI is InChI=1S/C22H23N5O2/c1-28-19-8-6-16(7-9-19)21-24-22(29-25-21)27-12-10-26(11-13-27)15-18-14-17-4-2-3-5-20(17)23-18/h2-9,14,23H,10-13,15H2,1H3. The number of ether oxygens (including phenoxy) is 1. The second kappa shape index (κ2) is 7.60. The highest BCUT2D eigenvalue weighted by Gasteiger charge is 2.22. The summed E-state index contributed by atoms with van der Waals surface area (Å²) >= 11 is 0. The number of hydrogen-bond acceptors (Lipinski definition) is 6. The van der Waals surface area contributed by atoms with Gasteiger partial charge in [0.15, 0.2) is 0 Å². The van der Waals surface area contributed by atoms with Crippen molar-refractivity contribution in [2.45, 2.75) is 6.54 Å². The zero-order chi connectivity index (χ0) is 19.6. The van der Waals surface area contributed by atoms with Gasteiger partial charge in [-0.05, 0) is 41.8 Å². The lowest BCUT2D eigenvalue weighted by molar-refractivity contribution is 0.240. The fourth-order valence-corrected chi connectivity index (χ4v) is 3.76. The van der Waals surface area contributed by atoms with E-state index in [2.05, 4.69) is 55.3 Å². The Bertz CT molecular complexity index is 1060. The SMILES string of the molecule is COc1ccc(-c2noc(N3CCN(Cc4cc5ccccc5[nH]4)CC3)n2)cc1. The van der Waals surface area contributed by atoms with Gasteiger partial charge in [0.2, 0.25) is 5.82 Å². The van der Waals surface area contributed by atoms with Crippen molar-refractivity contribution in [2.24, 2.45) is 0 Å². The molecule has 7 nitrogen and oxygen atoms in total. The molecule has 0 unspecified atom stereocenters. The number of aromatic nitrogens is 3. The molecule has 0 radical (unpaired) electrons. The summed E-state index contributed by atoms with van der Waals surface area (Å²) in [5.41, 5.74) is 3.36. The van der Waals surface area contributed by atoms with Crippen molar-refractivity contribution in [3.8, 4) is 17.1 Å². The minimum Gasteiger partial charge on any atom is -0.497 e. The average molecular weight is 389 g/mol. The Morgan fingerprint density at radius 3 is 2.59 bits per heavy atom. The van der Waals surface area contributed by atoms with Crippen molar-refractivity contribution >= 4 is 16.9 Å². The summed E-state index contributed by atoms with van der Waals surface area (Å²) in [4.78, 5) is 12.7. The first-order valence-corrected chi connectivity index (χ1v) is 9.80. The molecule has 1 aliphatic heterocycles. The molecule has 4 aromatic rings. The van der Waals surface area contributed by atoms with Crippen LogP contribution in [0.1, 0.15) is 5.69 Å². The van der Waals surface area contributed by atoms with Gasteiger partial charge in [0.1, 0.15) is 5.75 Å². The number of benzene rings is 2. The second-order valence-corrected chi connectivity index (χ2v) is 7.27. The van der Waals surface area contributed by atoms with Crippen LogP contribution in [-0.2, 0) is 6.54 Å². The van der Waals surface area contributed by atoms with Gasteiger partial charge < -0.3 is 19.1 Å². The molecule has 148 valence electrons. The Labute approximate surface area is 168 Å². The summed E-state index contributed by atoms with van der Waals surface area (Å²) in [5, 5.41) is 5.40. The molecule has 2 aromatic carbocycles. The van der Waals surface area contributed by atoms with Crippen LogP contribution in [0.2, 0.25) is 0 Å². The Balaban J connectivity index is 1.21. The van der Waals surface area contributed by atoms with Crippen LogP contribution in [0.25, 0.3) is 22.3 Å². The van der Waals surface area contributed by atoms with Crippen LogP contribution in [0.5, 0.6) is 5.75 Å². The van der Waals surface area contributed by atoms with E-state index in [9.17, 15) is 0 Å². The lowest BCUT2D eigenvalue weighted by Crippen LogP contribution is -2.46. The molecule has 1 saturated heterocycles. The third-order valence-electron chi connectivity index (χ3n) is 5.39. The van der Waals surface area contributed by atoms with Crippen LogP contribution in [-0.4, -0.2) is 53.3 Å². The predicted molar refractivity (Wildman–Crippen MR) is 112 cm³/mol. The van der Waals surface area contributed by atoms with Gasteiger partial charge in [-0.15, -0.1) is 0 Å². The summed E-state index contributed by atoms with van der Waals surface area (Å²) in [6.45, 7) is 4.56. The highest BCUT2D eigenvalue weighted by molar-refractivity contribution is 5.80. The fraction of sp³-hybridized carbons (Fsp3) is 0.273. The number of fused-ring (bicyclic) bond motifs is 1.